The van der Waals surface area contributed by atoms with Crippen LogP contribution in [0.4, 0.5) is 0 Å². The van der Waals surface area contributed by atoms with Crippen LogP contribution in [0.15, 0.2) is 18.2 Å². The van der Waals surface area contributed by atoms with Gasteiger partial charge < -0.3 is 20.4 Å². The minimum absolute atomic E-state index is 0.0124. The van der Waals surface area contributed by atoms with Gasteiger partial charge in [-0.3, -0.25) is 4.79 Å². The highest BCUT2D eigenvalue weighted by atomic mass is 16.3. The zero-order chi connectivity index (χ0) is 12.4. The molecule has 0 aromatic heterocycles. The van der Waals surface area contributed by atoms with Gasteiger partial charge in [0, 0.05) is 25.7 Å². The Morgan fingerprint density at radius 3 is 2.65 bits per heavy atom. The molecule has 1 amide bonds. The molecule has 0 spiro atoms. The molecule has 1 atom stereocenters. The fraction of sp³-hybridized carbons (Fsp3) is 0.417. The van der Waals surface area contributed by atoms with E-state index in [2.05, 4.69) is 5.32 Å². The van der Waals surface area contributed by atoms with E-state index in [0.717, 1.165) is 6.54 Å². The Morgan fingerprint density at radius 2 is 2.06 bits per heavy atom. The number of hydrogen-bond acceptors (Lipinski definition) is 4. The summed E-state index contributed by atoms with van der Waals surface area (Å²) in [4.78, 5) is 13.8. The average Bonchev–Trinajstić information content (AvgIpc) is 2.28. The quantitative estimate of drug-likeness (QED) is 0.665. The maximum absolute atomic E-state index is 12.2. The predicted molar refractivity (Wildman–Crippen MR) is 63.1 cm³/mol. The minimum atomic E-state index is -0.325. The number of phenols is 2. The number of rotatable bonds is 1. The first-order valence-electron chi connectivity index (χ1n) is 5.63. The number of hydrogen-bond donors (Lipinski definition) is 3. The van der Waals surface area contributed by atoms with E-state index in [1.807, 2.05) is 6.92 Å². The second-order valence-corrected chi connectivity index (χ2v) is 4.28. The molecule has 5 heteroatoms. The van der Waals surface area contributed by atoms with E-state index in [0.29, 0.717) is 13.1 Å². The van der Waals surface area contributed by atoms with Crippen molar-refractivity contribution in [2.24, 2.45) is 0 Å². The molecule has 1 aromatic carbocycles. The van der Waals surface area contributed by atoms with Crippen molar-refractivity contribution in [2.45, 2.75) is 13.0 Å². The van der Waals surface area contributed by atoms with Gasteiger partial charge in [-0.05, 0) is 19.1 Å². The fourth-order valence-corrected chi connectivity index (χ4v) is 2.02. The largest absolute Gasteiger partial charge is 0.507 e. The van der Waals surface area contributed by atoms with Crippen LogP contribution in [0.25, 0.3) is 0 Å². The lowest BCUT2D eigenvalue weighted by atomic mass is 10.1. The Hall–Kier alpha value is -1.75. The summed E-state index contributed by atoms with van der Waals surface area (Å²) in [6.07, 6.45) is 0. The maximum Gasteiger partial charge on any atom is 0.261 e. The van der Waals surface area contributed by atoms with Crippen molar-refractivity contribution >= 4 is 5.91 Å². The molecule has 1 aliphatic heterocycles. The van der Waals surface area contributed by atoms with Crippen molar-refractivity contribution in [2.75, 3.05) is 19.6 Å². The molecule has 92 valence electrons. The third-order valence-corrected chi connectivity index (χ3v) is 2.89. The molecule has 0 radical (unpaired) electrons. The number of benzene rings is 1. The number of aromatic hydroxyl groups is 2. The van der Waals surface area contributed by atoms with Crippen molar-refractivity contribution < 1.29 is 15.0 Å². The Bertz CT molecular complexity index is 414. The summed E-state index contributed by atoms with van der Waals surface area (Å²) >= 11 is 0. The first-order valence-corrected chi connectivity index (χ1v) is 5.63. The molecule has 1 fully saturated rings. The van der Waals surface area contributed by atoms with E-state index in [4.69, 9.17) is 0 Å². The molecule has 5 nitrogen and oxygen atoms in total. The molecule has 1 heterocycles. The van der Waals surface area contributed by atoms with Crippen molar-refractivity contribution in [3.8, 4) is 11.5 Å². The Labute approximate surface area is 99.7 Å². The first-order chi connectivity index (χ1) is 8.09. The van der Waals surface area contributed by atoms with Gasteiger partial charge in [0.25, 0.3) is 5.91 Å². The van der Waals surface area contributed by atoms with Gasteiger partial charge >= 0.3 is 0 Å². The number of carbonyl (C=O) groups is 1. The van der Waals surface area contributed by atoms with Crippen molar-refractivity contribution in [1.82, 2.24) is 10.2 Å². The summed E-state index contributed by atoms with van der Waals surface area (Å²) in [5, 5.41) is 22.5. The lowest BCUT2D eigenvalue weighted by Gasteiger charge is -2.32. The lowest BCUT2D eigenvalue weighted by molar-refractivity contribution is 0.0703. The number of amides is 1. The highest BCUT2D eigenvalue weighted by molar-refractivity contribution is 5.99. The smallest absolute Gasteiger partial charge is 0.261 e. The number of nitrogens with one attached hydrogen (secondary N) is 1. The highest BCUT2D eigenvalue weighted by Crippen LogP contribution is 2.27. The van der Waals surface area contributed by atoms with E-state index in [1.54, 1.807) is 4.90 Å². The molecule has 1 saturated heterocycles. The van der Waals surface area contributed by atoms with Crippen LogP contribution in [-0.4, -0.2) is 46.7 Å². The highest BCUT2D eigenvalue weighted by Gasteiger charge is 2.25. The summed E-state index contributed by atoms with van der Waals surface area (Å²) in [5.74, 6) is -0.684. The molecule has 17 heavy (non-hydrogen) atoms. The van der Waals surface area contributed by atoms with Crippen molar-refractivity contribution in [3.63, 3.8) is 0 Å². The standard InChI is InChI=1S/C12H16N2O3/c1-8-7-14(6-5-13-8)12(17)11-9(15)3-2-4-10(11)16/h2-4,8,13,15-16H,5-7H2,1H3/t8-/m1/s1. The summed E-state index contributed by atoms with van der Waals surface area (Å²) in [6.45, 7) is 3.87. The molecule has 0 bridgehead atoms. The third kappa shape index (κ3) is 2.34. The van der Waals surface area contributed by atoms with E-state index in [9.17, 15) is 15.0 Å². The molecule has 2 rings (SSSR count). The van der Waals surface area contributed by atoms with Gasteiger partial charge in [-0.25, -0.2) is 0 Å². The van der Waals surface area contributed by atoms with Crippen LogP contribution in [0, 0.1) is 0 Å². The van der Waals surface area contributed by atoms with Crippen LogP contribution in [-0.2, 0) is 0 Å². The molecule has 0 unspecified atom stereocenters. The molecule has 1 aromatic rings. The summed E-state index contributed by atoms with van der Waals surface area (Å²) in [6, 6.07) is 4.53. The molecule has 3 N–H and O–H groups in total. The average molecular weight is 236 g/mol. The summed E-state index contributed by atoms with van der Waals surface area (Å²) in [5.41, 5.74) is -0.0124. The van der Waals surface area contributed by atoms with Gasteiger partial charge in [0.2, 0.25) is 0 Å². The van der Waals surface area contributed by atoms with Crippen LogP contribution in [0.1, 0.15) is 17.3 Å². The van der Waals surface area contributed by atoms with Crippen molar-refractivity contribution in [3.05, 3.63) is 23.8 Å². The molecule has 1 aliphatic rings. The number of nitrogens with zero attached hydrogens (tertiary/aromatic N) is 1. The summed E-state index contributed by atoms with van der Waals surface area (Å²) in [7, 11) is 0. The van der Waals surface area contributed by atoms with Gasteiger partial charge in [0.15, 0.2) is 0 Å². The second-order valence-electron chi connectivity index (χ2n) is 4.28. The normalized spacial score (nSPS) is 20.3. The molecule has 0 saturated carbocycles. The molecule has 0 aliphatic carbocycles. The number of phenolic OH excluding ortho intramolecular Hbond substituents is 2. The van der Waals surface area contributed by atoms with Crippen LogP contribution >= 0.6 is 0 Å². The van der Waals surface area contributed by atoms with Gasteiger partial charge in [0.1, 0.15) is 17.1 Å². The van der Waals surface area contributed by atoms with Crippen LogP contribution in [0.3, 0.4) is 0 Å². The van der Waals surface area contributed by atoms with Crippen LogP contribution in [0.2, 0.25) is 0 Å². The van der Waals surface area contributed by atoms with Gasteiger partial charge in [0.05, 0.1) is 0 Å². The zero-order valence-corrected chi connectivity index (χ0v) is 9.68. The maximum atomic E-state index is 12.2. The SMILES string of the molecule is C[C@@H]1CN(C(=O)c2c(O)cccc2O)CCN1. The van der Waals surface area contributed by atoms with E-state index in [-0.39, 0.29) is 29.0 Å². The number of piperazine rings is 1. The van der Waals surface area contributed by atoms with Gasteiger partial charge in [-0.15, -0.1) is 0 Å². The fourth-order valence-electron chi connectivity index (χ4n) is 2.02. The van der Waals surface area contributed by atoms with E-state index in [1.165, 1.54) is 18.2 Å². The van der Waals surface area contributed by atoms with Crippen LogP contribution in [0.5, 0.6) is 11.5 Å². The first kappa shape index (κ1) is 11.7. The molecular weight excluding hydrogens is 220 g/mol. The monoisotopic (exact) mass is 236 g/mol. The van der Waals surface area contributed by atoms with Gasteiger partial charge in [-0.1, -0.05) is 6.07 Å². The Kier molecular flexibility index (Phi) is 3.19. The summed E-state index contributed by atoms with van der Waals surface area (Å²) < 4.78 is 0. The minimum Gasteiger partial charge on any atom is -0.507 e. The van der Waals surface area contributed by atoms with Crippen LogP contribution < -0.4 is 5.32 Å². The topological polar surface area (TPSA) is 72.8 Å². The van der Waals surface area contributed by atoms with E-state index < -0.39 is 0 Å². The van der Waals surface area contributed by atoms with E-state index >= 15 is 0 Å². The Morgan fingerprint density at radius 1 is 1.41 bits per heavy atom. The lowest BCUT2D eigenvalue weighted by Crippen LogP contribution is -2.51. The second kappa shape index (κ2) is 4.63. The predicted octanol–water partition coefficient (Wildman–Crippen LogP) is 0.532. The van der Waals surface area contributed by atoms with Gasteiger partial charge in [-0.2, -0.15) is 0 Å². The third-order valence-electron chi connectivity index (χ3n) is 2.89. The zero-order valence-electron chi connectivity index (χ0n) is 9.68. The molecular formula is C12H16N2O3. The van der Waals surface area contributed by atoms with Crippen molar-refractivity contribution in [1.29, 1.82) is 0 Å². The Balaban J connectivity index is 2.24. The number of carbonyl (C=O) groups excluding carboxylic acids is 1.